The van der Waals surface area contributed by atoms with Crippen molar-refractivity contribution in [2.45, 2.75) is 0 Å². The molecule has 0 unspecified atom stereocenters. The number of para-hydroxylation sites is 1. The van der Waals surface area contributed by atoms with E-state index in [9.17, 15) is 0 Å². The van der Waals surface area contributed by atoms with E-state index >= 15 is 0 Å². The number of pyridine rings is 1. The summed E-state index contributed by atoms with van der Waals surface area (Å²) in [5, 5.41) is 3.86. The SMILES string of the molecule is c1ccc2[nH]c3c4ccccc4cc-3cc2c1. The van der Waals surface area contributed by atoms with Gasteiger partial charge in [0.2, 0.25) is 0 Å². The van der Waals surface area contributed by atoms with E-state index in [0.29, 0.717) is 0 Å². The van der Waals surface area contributed by atoms with Crippen LogP contribution < -0.4 is 0 Å². The lowest BCUT2D eigenvalue weighted by Crippen LogP contribution is -1.83. The molecule has 80 valence electrons. The first kappa shape index (κ1) is 8.82. The van der Waals surface area contributed by atoms with Gasteiger partial charge in [0, 0.05) is 10.9 Å². The van der Waals surface area contributed by atoms with Crippen molar-refractivity contribution in [3.05, 3.63) is 60.7 Å². The van der Waals surface area contributed by atoms with Gasteiger partial charge in [0.05, 0.1) is 5.69 Å². The van der Waals surface area contributed by atoms with Crippen molar-refractivity contribution in [2.75, 3.05) is 0 Å². The number of aromatic nitrogens is 1. The van der Waals surface area contributed by atoms with E-state index < -0.39 is 0 Å². The average molecular weight is 217 g/mol. The van der Waals surface area contributed by atoms with Gasteiger partial charge in [0.25, 0.3) is 0 Å². The lowest BCUT2D eigenvalue weighted by Gasteiger charge is -2.04. The Balaban J connectivity index is 2.25. The topological polar surface area (TPSA) is 15.8 Å². The third-order valence-corrected chi connectivity index (χ3v) is 3.36. The van der Waals surface area contributed by atoms with Gasteiger partial charge in [0.15, 0.2) is 0 Å². The van der Waals surface area contributed by atoms with Crippen LogP contribution in [-0.2, 0) is 0 Å². The zero-order valence-electron chi connectivity index (χ0n) is 9.27. The average Bonchev–Trinajstić information content (AvgIpc) is 2.73. The molecule has 1 aliphatic heterocycles. The van der Waals surface area contributed by atoms with E-state index in [2.05, 4.69) is 65.6 Å². The number of hydrogen-bond acceptors (Lipinski definition) is 0. The Morgan fingerprint density at radius 3 is 2.35 bits per heavy atom. The van der Waals surface area contributed by atoms with Crippen molar-refractivity contribution in [3.8, 4) is 11.3 Å². The van der Waals surface area contributed by atoms with Gasteiger partial charge >= 0.3 is 0 Å². The maximum Gasteiger partial charge on any atom is 0.0538 e. The van der Waals surface area contributed by atoms with Gasteiger partial charge in [-0.3, -0.25) is 0 Å². The third kappa shape index (κ3) is 1.19. The van der Waals surface area contributed by atoms with Crippen molar-refractivity contribution in [1.29, 1.82) is 0 Å². The van der Waals surface area contributed by atoms with Gasteiger partial charge < -0.3 is 4.98 Å². The monoisotopic (exact) mass is 217 g/mol. The van der Waals surface area contributed by atoms with Crippen LogP contribution in [0.2, 0.25) is 0 Å². The molecule has 4 rings (SSSR count). The second kappa shape index (κ2) is 3.11. The highest BCUT2D eigenvalue weighted by Gasteiger charge is 2.10. The molecule has 1 nitrogen and oxygen atoms in total. The molecule has 2 aromatic rings. The van der Waals surface area contributed by atoms with Crippen molar-refractivity contribution in [3.63, 3.8) is 0 Å². The Morgan fingerprint density at radius 1 is 0.706 bits per heavy atom. The molecule has 2 aliphatic rings. The van der Waals surface area contributed by atoms with Crippen LogP contribution in [0.15, 0.2) is 60.7 Å². The first-order valence-electron chi connectivity index (χ1n) is 5.81. The van der Waals surface area contributed by atoms with Gasteiger partial charge in [-0.05, 0) is 34.5 Å². The van der Waals surface area contributed by atoms with Crippen LogP contribution in [0.5, 0.6) is 0 Å². The van der Waals surface area contributed by atoms with Gasteiger partial charge in [-0.2, -0.15) is 0 Å². The Labute approximate surface area is 99.0 Å². The molecule has 0 spiro atoms. The minimum Gasteiger partial charge on any atom is -0.354 e. The quantitative estimate of drug-likeness (QED) is 0.448. The van der Waals surface area contributed by atoms with E-state index in [1.165, 1.54) is 32.9 Å². The number of H-pyrrole nitrogens is 1. The second-order valence-electron chi connectivity index (χ2n) is 4.42. The Kier molecular flexibility index (Phi) is 1.61. The van der Waals surface area contributed by atoms with Gasteiger partial charge in [-0.15, -0.1) is 0 Å². The number of fused-ring (bicyclic) bond motifs is 4. The molecule has 1 N–H and O–H groups in total. The van der Waals surface area contributed by atoms with Gasteiger partial charge in [-0.25, -0.2) is 0 Å². The molecular formula is C16H11N. The Morgan fingerprint density at radius 2 is 1.41 bits per heavy atom. The molecule has 1 aliphatic carbocycles. The zero-order valence-corrected chi connectivity index (χ0v) is 9.27. The predicted molar refractivity (Wildman–Crippen MR) is 72.4 cm³/mol. The molecule has 0 saturated heterocycles. The molecule has 0 aromatic heterocycles. The molecule has 0 saturated carbocycles. The highest BCUT2D eigenvalue weighted by Crippen LogP contribution is 2.34. The van der Waals surface area contributed by atoms with Gasteiger partial charge in [-0.1, -0.05) is 42.5 Å². The number of aromatic amines is 1. The summed E-state index contributed by atoms with van der Waals surface area (Å²) in [4.78, 5) is 3.53. The van der Waals surface area contributed by atoms with Crippen molar-refractivity contribution in [2.24, 2.45) is 0 Å². The van der Waals surface area contributed by atoms with E-state index in [0.717, 1.165) is 0 Å². The van der Waals surface area contributed by atoms with E-state index in [-0.39, 0.29) is 0 Å². The van der Waals surface area contributed by atoms with Crippen LogP contribution in [-0.4, -0.2) is 4.98 Å². The molecule has 2 aromatic carbocycles. The molecule has 0 amide bonds. The first-order valence-corrected chi connectivity index (χ1v) is 5.81. The summed E-state index contributed by atoms with van der Waals surface area (Å²) in [5.74, 6) is 0. The largest absolute Gasteiger partial charge is 0.354 e. The third-order valence-electron chi connectivity index (χ3n) is 3.36. The number of benzene rings is 2. The molecule has 0 fully saturated rings. The number of rotatable bonds is 0. The smallest absolute Gasteiger partial charge is 0.0538 e. The van der Waals surface area contributed by atoms with Crippen LogP contribution in [0, 0.1) is 0 Å². The summed E-state index contributed by atoms with van der Waals surface area (Å²) in [5.41, 5.74) is 3.71. The molecular weight excluding hydrogens is 206 g/mol. The van der Waals surface area contributed by atoms with Gasteiger partial charge in [0.1, 0.15) is 0 Å². The summed E-state index contributed by atoms with van der Waals surface area (Å²) >= 11 is 0. The minimum atomic E-state index is 1.19. The highest BCUT2D eigenvalue weighted by atomic mass is 14.7. The van der Waals surface area contributed by atoms with Crippen LogP contribution in [0.1, 0.15) is 0 Å². The first-order chi connectivity index (χ1) is 8.42. The van der Waals surface area contributed by atoms with E-state index in [4.69, 9.17) is 0 Å². The van der Waals surface area contributed by atoms with Crippen LogP contribution >= 0.6 is 0 Å². The lowest BCUT2D eigenvalue weighted by molar-refractivity contribution is 1.44. The molecule has 17 heavy (non-hydrogen) atoms. The van der Waals surface area contributed by atoms with Crippen molar-refractivity contribution in [1.82, 2.24) is 4.98 Å². The maximum atomic E-state index is 3.53. The van der Waals surface area contributed by atoms with E-state index in [1.807, 2.05) is 0 Å². The molecule has 1 heterocycles. The van der Waals surface area contributed by atoms with Crippen LogP contribution in [0.4, 0.5) is 0 Å². The molecule has 0 radical (unpaired) electrons. The zero-order chi connectivity index (χ0) is 11.2. The standard InChI is InChI=1S/C16H11N/c1-3-7-14-11(5-1)9-13-10-12-6-2-4-8-15(12)17-16(13)14/h1-10,17H. The van der Waals surface area contributed by atoms with Crippen molar-refractivity contribution < 1.29 is 0 Å². The highest BCUT2D eigenvalue weighted by molar-refractivity contribution is 6.03. The summed E-state index contributed by atoms with van der Waals surface area (Å²) in [6, 6.07) is 21.4. The number of nitrogens with one attached hydrogen (secondary N) is 1. The lowest BCUT2D eigenvalue weighted by atomic mass is 10.1. The fraction of sp³-hybridized carbons (Fsp3) is 0. The summed E-state index contributed by atoms with van der Waals surface area (Å²) in [6.45, 7) is 0. The molecule has 0 bridgehead atoms. The molecule has 0 atom stereocenters. The van der Waals surface area contributed by atoms with Crippen molar-refractivity contribution >= 4 is 21.7 Å². The fourth-order valence-corrected chi connectivity index (χ4v) is 2.54. The second-order valence-corrected chi connectivity index (χ2v) is 4.42. The molecule has 1 heteroatoms. The Hall–Kier alpha value is -2.28. The van der Waals surface area contributed by atoms with Crippen LogP contribution in [0.3, 0.4) is 0 Å². The Bertz CT molecular complexity index is 789. The summed E-state index contributed by atoms with van der Waals surface area (Å²) in [7, 11) is 0. The van der Waals surface area contributed by atoms with E-state index in [1.54, 1.807) is 0 Å². The summed E-state index contributed by atoms with van der Waals surface area (Å²) < 4.78 is 0. The fourth-order valence-electron chi connectivity index (χ4n) is 2.54. The summed E-state index contributed by atoms with van der Waals surface area (Å²) in [6.07, 6.45) is 0. The minimum absolute atomic E-state index is 1.19. The van der Waals surface area contributed by atoms with Crippen LogP contribution in [0.25, 0.3) is 32.9 Å². The maximum absolute atomic E-state index is 3.53. The predicted octanol–water partition coefficient (Wildman–Crippen LogP) is 4.43. The normalized spacial score (nSPS) is 11.5. The number of hydrogen-bond donors (Lipinski definition) is 1.